The molecule has 0 amide bonds. The summed E-state index contributed by atoms with van der Waals surface area (Å²) >= 11 is 4.84. The van der Waals surface area contributed by atoms with Crippen LogP contribution in [0.5, 0.6) is 0 Å². The molecule has 0 fully saturated rings. The monoisotopic (exact) mass is 203 g/mol. The highest BCUT2D eigenvalue weighted by molar-refractivity contribution is 7.80. The van der Waals surface area contributed by atoms with E-state index in [2.05, 4.69) is 13.8 Å². The maximum atomic E-state index is 5.45. The van der Waals surface area contributed by atoms with E-state index in [0.29, 0.717) is 11.6 Å². The number of nitrogens with two attached hydrogens (primary N) is 1. The average Bonchev–Trinajstić information content (AvgIpc) is 2.02. The predicted molar refractivity (Wildman–Crippen MR) is 60.8 cm³/mol. The lowest BCUT2D eigenvalue weighted by atomic mass is 10.1. The summed E-state index contributed by atoms with van der Waals surface area (Å²) in [5, 5.41) is 0. The zero-order chi connectivity index (χ0) is 10.3. The Labute approximate surface area is 86.8 Å². The van der Waals surface area contributed by atoms with Gasteiger partial charge in [0.2, 0.25) is 0 Å². The summed E-state index contributed by atoms with van der Waals surface area (Å²) in [6.45, 7) is 7.92. The molecule has 0 aromatic rings. The standard InChI is InChI=1S/C10H21NOS/c1-8(2)5-4-6-12-7-9(3)10(11)13/h8-9H,4-7H2,1-3H3,(H2,11,13). The van der Waals surface area contributed by atoms with E-state index in [9.17, 15) is 0 Å². The van der Waals surface area contributed by atoms with Gasteiger partial charge < -0.3 is 10.5 Å². The van der Waals surface area contributed by atoms with Gasteiger partial charge in [0.15, 0.2) is 0 Å². The SMILES string of the molecule is CC(C)CCCOCC(C)C(N)=S. The first-order chi connectivity index (χ1) is 6.04. The third-order valence-electron chi connectivity index (χ3n) is 1.92. The maximum Gasteiger partial charge on any atom is 0.0779 e. The van der Waals surface area contributed by atoms with Crippen LogP contribution in [0.25, 0.3) is 0 Å². The summed E-state index contributed by atoms with van der Waals surface area (Å²) in [6.07, 6.45) is 2.35. The molecule has 0 heterocycles. The van der Waals surface area contributed by atoms with Crippen LogP contribution in [0.2, 0.25) is 0 Å². The molecule has 78 valence electrons. The fourth-order valence-corrected chi connectivity index (χ4v) is 1.00. The zero-order valence-electron chi connectivity index (χ0n) is 8.88. The fraction of sp³-hybridized carbons (Fsp3) is 0.900. The molecule has 0 saturated heterocycles. The molecule has 0 aromatic carbocycles. The van der Waals surface area contributed by atoms with Gasteiger partial charge in [0, 0.05) is 12.5 Å². The first-order valence-corrected chi connectivity index (χ1v) is 5.32. The molecule has 0 aliphatic heterocycles. The van der Waals surface area contributed by atoms with Crippen LogP contribution >= 0.6 is 12.2 Å². The highest BCUT2D eigenvalue weighted by Crippen LogP contribution is 2.04. The van der Waals surface area contributed by atoms with Crippen molar-refractivity contribution in [1.82, 2.24) is 0 Å². The van der Waals surface area contributed by atoms with E-state index in [-0.39, 0.29) is 5.92 Å². The van der Waals surface area contributed by atoms with Crippen molar-refractivity contribution in [2.24, 2.45) is 17.6 Å². The van der Waals surface area contributed by atoms with Crippen molar-refractivity contribution in [2.75, 3.05) is 13.2 Å². The smallest absolute Gasteiger partial charge is 0.0779 e. The number of rotatable bonds is 7. The first-order valence-electron chi connectivity index (χ1n) is 4.91. The van der Waals surface area contributed by atoms with Gasteiger partial charge in [0.05, 0.1) is 11.6 Å². The Morgan fingerprint density at radius 2 is 2.00 bits per heavy atom. The summed E-state index contributed by atoms with van der Waals surface area (Å²) < 4.78 is 5.44. The minimum atomic E-state index is 0.203. The van der Waals surface area contributed by atoms with Crippen molar-refractivity contribution in [3.63, 3.8) is 0 Å². The normalized spacial score (nSPS) is 13.2. The average molecular weight is 203 g/mol. The van der Waals surface area contributed by atoms with Crippen LogP contribution in [0, 0.1) is 11.8 Å². The van der Waals surface area contributed by atoms with Gasteiger partial charge in [-0.05, 0) is 18.8 Å². The summed E-state index contributed by atoms with van der Waals surface area (Å²) in [7, 11) is 0. The summed E-state index contributed by atoms with van der Waals surface area (Å²) in [6, 6.07) is 0. The Morgan fingerprint density at radius 3 is 2.46 bits per heavy atom. The van der Waals surface area contributed by atoms with E-state index < -0.39 is 0 Å². The van der Waals surface area contributed by atoms with E-state index in [0.717, 1.165) is 18.9 Å². The van der Waals surface area contributed by atoms with E-state index in [1.165, 1.54) is 6.42 Å². The number of hydrogen-bond acceptors (Lipinski definition) is 2. The molecular formula is C10H21NOS. The van der Waals surface area contributed by atoms with Crippen molar-refractivity contribution in [2.45, 2.75) is 33.6 Å². The molecule has 0 aliphatic rings. The van der Waals surface area contributed by atoms with Crippen LogP contribution in [0.4, 0.5) is 0 Å². The Hall–Kier alpha value is -0.150. The van der Waals surface area contributed by atoms with Crippen molar-refractivity contribution >= 4 is 17.2 Å². The van der Waals surface area contributed by atoms with Crippen LogP contribution < -0.4 is 5.73 Å². The Morgan fingerprint density at radius 1 is 1.38 bits per heavy atom. The second-order valence-electron chi connectivity index (χ2n) is 3.91. The van der Waals surface area contributed by atoms with Gasteiger partial charge >= 0.3 is 0 Å². The summed E-state index contributed by atoms with van der Waals surface area (Å²) in [4.78, 5) is 0.545. The highest BCUT2D eigenvalue weighted by atomic mass is 32.1. The minimum absolute atomic E-state index is 0.203. The molecule has 0 saturated carbocycles. The van der Waals surface area contributed by atoms with E-state index >= 15 is 0 Å². The number of thiocarbonyl (C=S) groups is 1. The molecule has 13 heavy (non-hydrogen) atoms. The van der Waals surface area contributed by atoms with E-state index in [1.54, 1.807) is 0 Å². The predicted octanol–water partition coefficient (Wildman–Crippen LogP) is 2.36. The molecule has 3 heteroatoms. The summed E-state index contributed by atoms with van der Waals surface area (Å²) in [5.74, 6) is 0.964. The van der Waals surface area contributed by atoms with Gasteiger partial charge in [-0.2, -0.15) is 0 Å². The molecule has 2 N–H and O–H groups in total. The Kier molecular flexibility index (Phi) is 7.19. The van der Waals surface area contributed by atoms with Crippen molar-refractivity contribution in [3.8, 4) is 0 Å². The molecule has 1 atom stereocenters. The molecule has 0 spiro atoms. The van der Waals surface area contributed by atoms with Crippen LogP contribution in [0.1, 0.15) is 33.6 Å². The Balaban J connectivity index is 3.21. The van der Waals surface area contributed by atoms with Crippen molar-refractivity contribution in [3.05, 3.63) is 0 Å². The van der Waals surface area contributed by atoms with Gasteiger partial charge in [-0.1, -0.05) is 33.0 Å². The molecular weight excluding hydrogens is 182 g/mol. The highest BCUT2D eigenvalue weighted by Gasteiger charge is 2.04. The molecule has 2 nitrogen and oxygen atoms in total. The lowest BCUT2D eigenvalue weighted by Gasteiger charge is -2.10. The second kappa shape index (κ2) is 7.27. The minimum Gasteiger partial charge on any atom is -0.393 e. The lowest BCUT2D eigenvalue weighted by molar-refractivity contribution is 0.115. The zero-order valence-corrected chi connectivity index (χ0v) is 9.69. The Bertz CT molecular complexity index is 148. The van der Waals surface area contributed by atoms with Gasteiger partial charge in [-0.3, -0.25) is 0 Å². The third-order valence-corrected chi connectivity index (χ3v) is 2.33. The summed E-state index contributed by atoms with van der Waals surface area (Å²) in [5.41, 5.74) is 5.45. The number of ether oxygens (including phenoxy) is 1. The maximum absolute atomic E-state index is 5.45. The van der Waals surface area contributed by atoms with E-state index in [1.807, 2.05) is 6.92 Å². The quantitative estimate of drug-likeness (QED) is 0.509. The molecule has 1 unspecified atom stereocenters. The van der Waals surface area contributed by atoms with Crippen LogP contribution in [0.3, 0.4) is 0 Å². The topological polar surface area (TPSA) is 35.2 Å². The molecule has 0 radical (unpaired) electrons. The van der Waals surface area contributed by atoms with Crippen molar-refractivity contribution < 1.29 is 4.74 Å². The molecule has 0 rings (SSSR count). The molecule has 0 aromatic heterocycles. The van der Waals surface area contributed by atoms with Gasteiger partial charge in [0.25, 0.3) is 0 Å². The molecule has 0 bridgehead atoms. The second-order valence-corrected chi connectivity index (χ2v) is 4.39. The first kappa shape index (κ1) is 12.8. The number of hydrogen-bond donors (Lipinski definition) is 1. The lowest BCUT2D eigenvalue weighted by Crippen LogP contribution is -2.22. The van der Waals surface area contributed by atoms with Crippen LogP contribution in [0.15, 0.2) is 0 Å². The van der Waals surface area contributed by atoms with Crippen molar-refractivity contribution in [1.29, 1.82) is 0 Å². The van der Waals surface area contributed by atoms with E-state index in [4.69, 9.17) is 22.7 Å². The van der Waals surface area contributed by atoms with Crippen LogP contribution in [-0.2, 0) is 4.74 Å². The largest absolute Gasteiger partial charge is 0.393 e. The van der Waals surface area contributed by atoms with Crippen LogP contribution in [-0.4, -0.2) is 18.2 Å². The molecule has 0 aliphatic carbocycles. The van der Waals surface area contributed by atoms with Gasteiger partial charge in [-0.25, -0.2) is 0 Å². The third kappa shape index (κ3) is 8.19. The fourth-order valence-electron chi connectivity index (χ4n) is 0.936. The van der Waals surface area contributed by atoms with Gasteiger partial charge in [0.1, 0.15) is 0 Å². The van der Waals surface area contributed by atoms with Gasteiger partial charge in [-0.15, -0.1) is 0 Å².